The summed E-state index contributed by atoms with van der Waals surface area (Å²) >= 11 is 0. The second-order valence-electron chi connectivity index (χ2n) is 4.27. The normalized spacial score (nSPS) is 23.8. The SMILES string of the molecule is O=C1CN(C(=O)N2CC=CCC2)C(C(=O)O)CN1. The summed E-state index contributed by atoms with van der Waals surface area (Å²) in [5.74, 6) is -1.43. The molecule has 0 aromatic heterocycles. The van der Waals surface area contributed by atoms with Crippen molar-refractivity contribution in [3.05, 3.63) is 12.2 Å². The van der Waals surface area contributed by atoms with Crippen LogP contribution in [0.25, 0.3) is 0 Å². The van der Waals surface area contributed by atoms with E-state index in [1.807, 2.05) is 12.2 Å². The number of carboxylic acid groups (broad SMARTS) is 1. The van der Waals surface area contributed by atoms with Gasteiger partial charge in [0.05, 0.1) is 0 Å². The zero-order chi connectivity index (χ0) is 13.1. The third kappa shape index (κ3) is 2.44. The van der Waals surface area contributed by atoms with E-state index in [9.17, 15) is 14.4 Å². The summed E-state index contributed by atoms with van der Waals surface area (Å²) in [5, 5.41) is 11.5. The number of nitrogens with zero attached hydrogens (tertiary/aromatic N) is 2. The number of hydrogen-bond donors (Lipinski definition) is 2. The number of nitrogens with one attached hydrogen (secondary N) is 1. The summed E-state index contributed by atoms with van der Waals surface area (Å²) in [4.78, 5) is 37.2. The first kappa shape index (κ1) is 12.4. The molecule has 0 aromatic rings. The molecular formula is C11H15N3O4. The highest BCUT2D eigenvalue weighted by Gasteiger charge is 2.37. The van der Waals surface area contributed by atoms with E-state index < -0.39 is 12.0 Å². The Hall–Kier alpha value is -2.05. The van der Waals surface area contributed by atoms with Gasteiger partial charge in [0.25, 0.3) is 0 Å². The van der Waals surface area contributed by atoms with Gasteiger partial charge in [-0.05, 0) is 6.42 Å². The zero-order valence-electron chi connectivity index (χ0n) is 9.83. The minimum absolute atomic E-state index is 0.0381. The van der Waals surface area contributed by atoms with E-state index in [2.05, 4.69) is 5.32 Å². The average Bonchev–Trinajstić information content (AvgIpc) is 2.38. The van der Waals surface area contributed by atoms with Crippen LogP contribution in [0, 0.1) is 0 Å². The number of carbonyl (C=O) groups is 3. The zero-order valence-corrected chi connectivity index (χ0v) is 9.83. The third-order valence-electron chi connectivity index (χ3n) is 3.04. The molecule has 0 saturated carbocycles. The molecule has 2 N–H and O–H groups in total. The molecule has 1 fully saturated rings. The summed E-state index contributed by atoms with van der Waals surface area (Å²) in [6, 6.07) is -1.37. The fraction of sp³-hybridized carbons (Fsp3) is 0.545. The van der Waals surface area contributed by atoms with Gasteiger partial charge in [0, 0.05) is 19.6 Å². The Morgan fingerprint density at radius 3 is 2.78 bits per heavy atom. The average molecular weight is 253 g/mol. The molecule has 2 aliphatic rings. The van der Waals surface area contributed by atoms with Crippen LogP contribution in [0.5, 0.6) is 0 Å². The molecule has 7 nitrogen and oxygen atoms in total. The summed E-state index contributed by atoms with van der Waals surface area (Å²) in [7, 11) is 0. The Morgan fingerprint density at radius 2 is 2.17 bits per heavy atom. The molecule has 98 valence electrons. The van der Waals surface area contributed by atoms with Crippen molar-refractivity contribution in [1.82, 2.24) is 15.1 Å². The van der Waals surface area contributed by atoms with Crippen molar-refractivity contribution >= 4 is 17.9 Å². The maximum absolute atomic E-state index is 12.2. The minimum Gasteiger partial charge on any atom is -0.480 e. The van der Waals surface area contributed by atoms with Crippen LogP contribution in [0.1, 0.15) is 6.42 Å². The Kier molecular flexibility index (Phi) is 3.50. The van der Waals surface area contributed by atoms with E-state index in [0.29, 0.717) is 13.1 Å². The highest BCUT2D eigenvalue weighted by atomic mass is 16.4. The molecule has 18 heavy (non-hydrogen) atoms. The molecule has 1 atom stereocenters. The van der Waals surface area contributed by atoms with Crippen LogP contribution in [0.2, 0.25) is 0 Å². The van der Waals surface area contributed by atoms with Gasteiger partial charge in [-0.3, -0.25) is 9.69 Å². The molecular weight excluding hydrogens is 238 g/mol. The van der Waals surface area contributed by atoms with Crippen LogP contribution in [0.15, 0.2) is 12.2 Å². The third-order valence-corrected chi connectivity index (χ3v) is 3.04. The molecule has 0 aromatic carbocycles. The first-order valence-electron chi connectivity index (χ1n) is 5.79. The maximum Gasteiger partial charge on any atom is 0.328 e. The van der Waals surface area contributed by atoms with Crippen molar-refractivity contribution in [2.45, 2.75) is 12.5 Å². The van der Waals surface area contributed by atoms with Crippen molar-refractivity contribution < 1.29 is 19.5 Å². The van der Waals surface area contributed by atoms with Crippen molar-refractivity contribution in [3.63, 3.8) is 0 Å². The molecule has 2 aliphatic heterocycles. The lowest BCUT2D eigenvalue weighted by atomic mass is 10.2. The van der Waals surface area contributed by atoms with Crippen LogP contribution in [0.4, 0.5) is 4.79 Å². The minimum atomic E-state index is -1.10. The highest BCUT2D eigenvalue weighted by molar-refractivity contribution is 5.90. The Balaban J connectivity index is 2.11. The van der Waals surface area contributed by atoms with E-state index in [0.717, 1.165) is 11.3 Å². The second kappa shape index (κ2) is 5.07. The molecule has 0 radical (unpaired) electrons. The fourth-order valence-electron chi connectivity index (χ4n) is 2.06. The first-order chi connectivity index (χ1) is 8.59. The van der Waals surface area contributed by atoms with Crippen LogP contribution in [0.3, 0.4) is 0 Å². The van der Waals surface area contributed by atoms with Crippen molar-refractivity contribution in [2.75, 3.05) is 26.2 Å². The quantitative estimate of drug-likeness (QED) is 0.602. The summed E-state index contributed by atoms with van der Waals surface area (Å²) in [6.45, 7) is 0.780. The first-order valence-corrected chi connectivity index (χ1v) is 5.79. The van der Waals surface area contributed by atoms with Gasteiger partial charge in [0.15, 0.2) is 0 Å². The van der Waals surface area contributed by atoms with E-state index >= 15 is 0 Å². The lowest BCUT2D eigenvalue weighted by Gasteiger charge is -2.36. The standard InChI is InChI=1S/C11H15N3O4/c15-9-7-14(8(6-12-9)10(16)17)11(18)13-4-2-1-3-5-13/h1-2,8H,3-7H2,(H,12,15)(H,16,17). The predicted molar refractivity (Wildman–Crippen MR) is 61.9 cm³/mol. The van der Waals surface area contributed by atoms with E-state index in [4.69, 9.17) is 5.11 Å². The Morgan fingerprint density at radius 1 is 1.39 bits per heavy atom. The molecule has 2 heterocycles. The van der Waals surface area contributed by atoms with Gasteiger partial charge < -0.3 is 15.3 Å². The van der Waals surface area contributed by atoms with E-state index in [1.165, 1.54) is 0 Å². The number of rotatable bonds is 1. The van der Waals surface area contributed by atoms with Gasteiger partial charge in [-0.1, -0.05) is 12.2 Å². The number of carbonyl (C=O) groups excluding carboxylic acids is 2. The van der Waals surface area contributed by atoms with Crippen LogP contribution >= 0.6 is 0 Å². The molecule has 1 saturated heterocycles. The molecule has 2 rings (SSSR count). The van der Waals surface area contributed by atoms with Gasteiger partial charge in [-0.25, -0.2) is 9.59 Å². The second-order valence-corrected chi connectivity index (χ2v) is 4.27. The van der Waals surface area contributed by atoms with Gasteiger partial charge in [-0.15, -0.1) is 0 Å². The molecule has 0 spiro atoms. The number of urea groups is 1. The van der Waals surface area contributed by atoms with Gasteiger partial charge in [0.1, 0.15) is 12.6 Å². The lowest BCUT2D eigenvalue weighted by molar-refractivity contribution is -0.144. The summed E-state index contributed by atoms with van der Waals surface area (Å²) in [6.07, 6.45) is 4.59. The van der Waals surface area contributed by atoms with Crippen LogP contribution in [-0.2, 0) is 9.59 Å². The molecule has 0 bridgehead atoms. The summed E-state index contributed by atoms with van der Waals surface area (Å²) < 4.78 is 0. The topological polar surface area (TPSA) is 90.0 Å². The Bertz CT molecular complexity index is 407. The van der Waals surface area contributed by atoms with Crippen LogP contribution in [-0.4, -0.2) is 65.0 Å². The van der Waals surface area contributed by atoms with Gasteiger partial charge in [0.2, 0.25) is 5.91 Å². The number of carboxylic acids is 1. The number of aliphatic carboxylic acids is 1. The van der Waals surface area contributed by atoms with Crippen molar-refractivity contribution in [1.29, 1.82) is 0 Å². The monoisotopic (exact) mass is 253 g/mol. The predicted octanol–water partition coefficient (Wildman–Crippen LogP) is -0.747. The molecule has 7 heteroatoms. The molecule has 3 amide bonds. The van der Waals surface area contributed by atoms with Crippen molar-refractivity contribution in [2.24, 2.45) is 0 Å². The number of amides is 3. The van der Waals surface area contributed by atoms with Gasteiger partial charge >= 0.3 is 12.0 Å². The summed E-state index contributed by atoms with van der Waals surface area (Å²) in [5.41, 5.74) is 0. The highest BCUT2D eigenvalue weighted by Crippen LogP contribution is 2.11. The van der Waals surface area contributed by atoms with E-state index in [-0.39, 0.29) is 25.0 Å². The molecule has 0 aliphatic carbocycles. The lowest BCUT2D eigenvalue weighted by Crippen LogP contribution is -2.62. The van der Waals surface area contributed by atoms with Crippen molar-refractivity contribution in [3.8, 4) is 0 Å². The largest absolute Gasteiger partial charge is 0.480 e. The molecule has 1 unspecified atom stereocenters. The van der Waals surface area contributed by atoms with Gasteiger partial charge in [-0.2, -0.15) is 0 Å². The maximum atomic E-state index is 12.2. The van der Waals surface area contributed by atoms with E-state index in [1.54, 1.807) is 4.90 Å². The van der Waals surface area contributed by atoms with Crippen LogP contribution < -0.4 is 5.32 Å². The number of piperazine rings is 1. The smallest absolute Gasteiger partial charge is 0.328 e. The number of hydrogen-bond acceptors (Lipinski definition) is 3. The Labute approximate surface area is 104 Å². The fourth-order valence-corrected chi connectivity index (χ4v) is 2.06.